The highest BCUT2D eigenvalue weighted by atomic mass is 16.6. The predicted molar refractivity (Wildman–Crippen MR) is 124 cm³/mol. The van der Waals surface area contributed by atoms with Gasteiger partial charge in [0.2, 0.25) is 0 Å². The van der Waals surface area contributed by atoms with E-state index in [1.54, 1.807) is 16.8 Å². The molecule has 1 atom stereocenters. The van der Waals surface area contributed by atoms with Gasteiger partial charge in [0.1, 0.15) is 12.2 Å². The molecule has 182 valence electrons. The second kappa shape index (κ2) is 10.8. The number of carbonyl (C=O) groups excluding carboxylic acids is 3. The van der Waals surface area contributed by atoms with Crippen molar-refractivity contribution in [3.63, 3.8) is 0 Å². The van der Waals surface area contributed by atoms with Crippen molar-refractivity contribution < 1.29 is 23.9 Å². The lowest BCUT2D eigenvalue weighted by atomic mass is 10.1. The van der Waals surface area contributed by atoms with Crippen LogP contribution in [0.2, 0.25) is 0 Å². The summed E-state index contributed by atoms with van der Waals surface area (Å²) >= 11 is 0. The van der Waals surface area contributed by atoms with E-state index in [9.17, 15) is 14.4 Å². The summed E-state index contributed by atoms with van der Waals surface area (Å²) < 4.78 is 10.7. The summed E-state index contributed by atoms with van der Waals surface area (Å²) in [5.74, 6) is 0. The fraction of sp³-hybridized carbons (Fsp3) is 0.625. The molecule has 0 aliphatic carbocycles. The normalized spacial score (nSPS) is 19.2. The SMILES string of the molecule is CN(C(=O)OC(C)(C)C)C1CCN(C(=O)N2CCC(NC(=O)OCc3ccccc3)CC2)C1. The van der Waals surface area contributed by atoms with Crippen LogP contribution in [0.1, 0.15) is 45.6 Å². The minimum absolute atomic E-state index is 0.0121. The molecular formula is C24H36N4O5. The Bertz CT molecular complexity index is 818. The van der Waals surface area contributed by atoms with Gasteiger partial charge in [-0.25, -0.2) is 14.4 Å². The predicted octanol–water partition coefficient (Wildman–Crippen LogP) is 3.44. The first kappa shape index (κ1) is 24.7. The standard InChI is InChI=1S/C24H36N4O5/c1-24(2,3)33-23(31)26(4)20-12-15-28(16-20)22(30)27-13-10-19(11-14-27)25-21(29)32-17-18-8-6-5-7-9-18/h5-9,19-20H,10-17H2,1-4H3,(H,25,29). The summed E-state index contributed by atoms with van der Waals surface area (Å²) in [4.78, 5) is 42.6. The van der Waals surface area contributed by atoms with Crippen molar-refractivity contribution >= 4 is 18.2 Å². The molecule has 33 heavy (non-hydrogen) atoms. The van der Waals surface area contributed by atoms with Crippen LogP contribution in [0.25, 0.3) is 0 Å². The maximum absolute atomic E-state index is 13.0. The average molecular weight is 461 g/mol. The second-order valence-electron chi connectivity index (χ2n) is 9.73. The Balaban J connectivity index is 1.38. The molecule has 2 aliphatic rings. The van der Waals surface area contributed by atoms with E-state index in [4.69, 9.17) is 9.47 Å². The van der Waals surface area contributed by atoms with Gasteiger partial charge >= 0.3 is 18.2 Å². The number of nitrogens with one attached hydrogen (secondary N) is 1. The third-order valence-electron chi connectivity index (χ3n) is 5.96. The van der Waals surface area contributed by atoms with E-state index >= 15 is 0 Å². The van der Waals surface area contributed by atoms with Crippen molar-refractivity contribution in [1.82, 2.24) is 20.0 Å². The number of urea groups is 1. The van der Waals surface area contributed by atoms with Gasteiger partial charge in [-0.05, 0) is 45.6 Å². The van der Waals surface area contributed by atoms with E-state index < -0.39 is 11.7 Å². The van der Waals surface area contributed by atoms with Gasteiger partial charge in [0.15, 0.2) is 0 Å². The summed E-state index contributed by atoms with van der Waals surface area (Å²) in [5, 5.41) is 2.90. The maximum atomic E-state index is 13.0. The highest BCUT2D eigenvalue weighted by Crippen LogP contribution is 2.21. The Morgan fingerprint density at radius 3 is 2.30 bits per heavy atom. The fourth-order valence-corrected chi connectivity index (χ4v) is 4.06. The van der Waals surface area contributed by atoms with Crippen molar-refractivity contribution in [3.8, 4) is 0 Å². The van der Waals surface area contributed by atoms with Gasteiger partial charge in [0.25, 0.3) is 0 Å². The van der Waals surface area contributed by atoms with Crippen molar-refractivity contribution in [2.24, 2.45) is 0 Å². The number of benzene rings is 1. The van der Waals surface area contributed by atoms with E-state index in [0.29, 0.717) is 39.0 Å². The zero-order valence-electron chi connectivity index (χ0n) is 20.1. The number of carbonyl (C=O) groups is 3. The van der Waals surface area contributed by atoms with E-state index in [0.717, 1.165) is 12.0 Å². The fourth-order valence-electron chi connectivity index (χ4n) is 4.06. The number of likely N-dealkylation sites (N-methyl/N-ethyl adjacent to an activating group) is 1. The van der Waals surface area contributed by atoms with Gasteiger partial charge in [-0.1, -0.05) is 30.3 Å². The molecule has 2 heterocycles. The zero-order chi connectivity index (χ0) is 24.0. The van der Waals surface area contributed by atoms with E-state index in [2.05, 4.69) is 5.32 Å². The van der Waals surface area contributed by atoms with Crippen molar-refractivity contribution in [2.75, 3.05) is 33.2 Å². The van der Waals surface area contributed by atoms with Gasteiger partial charge in [-0.3, -0.25) is 0 Å². The zero-order valence-corrected chi connectivity index (χ0v) is 20.1. The maximum Gasteiger partial charge on any atom is 0.410 e. The van der Waals surface area contributed by atoms with Gasteiger partial charge in [0.05, 0.1) is 6.04 Å². The first-order chi connectivity index (χ1) is 15.6. The Hall–Kier alpha value is -2.97. The van der Waals surface area contributed by atoms with Crippen LogP contribution in [0.15, 0.2) is 30.3 Å². The third kappa shape index (κ3) is 7.27. The van der Waals surface area contributed by atoms with Crippen molar-refractivity contribution in [2.45, 2.75) is 64.3 Å². The second-order valence-corrected chi connectivity index (χ2v) is 9.73. The lowest BCUT2D eigenvalue weighted by Gasteiger charge is -2.35. The molecule has 0 aromatic heterocycles. The average Bonchev–Trinajstić information content (AvgIpc) is 3.27. The smallest absolute Gasteiger partial charge is 0.410 e. The largest absolute Gasteiger partial charge is 0.445 e. The highest BCUT2D eigenvalue weighted by Gasteiger charge is 2.35. The molecule has 0 bridgehead atoms. The van der Waals surface area contributed by atoms with E-state index in [-0.39, 0.29) is 30.8 Å². The highest BCUT2D eigenvalue weighted by molar-refractivity contribution is 5.75. The van der Waals surface area contributed by atoms with E-state index in [1.165, 1.54) is 0 Å². The van der Waals surface area contributed by atoms with Crippen LogP contribution in [0, 0.1) is 0 Å². The topological polar surface area (TPSA) is 91.4 Å². The molecule has 2 aliphatic heterocycles. The molecule has 9 heteroatoms. The summed E-state index contributed by atoms with van der Waals surface area (Å²) in [6.07, 6.45) is 1.29. The lowest BCUT2D eigenvalue weighted by molar-refractivity contribution is 0.0228. The minimum Gasteiger partial charge on any atom is -0.445 e. The molecular weight excluding hydrogens is 424 g/mol. The number of rotatable bonds is 4. The van der Waals surface area contributed by atoms with Crippen LogP contribution >= 0.6 is 0 Å². The number of hydrogen-bond acceptors (Lipinski definition) is 5. The number of ether oxygens (including phenoxy) is 2. The number of piperidine rings is 1. The molecule has 1 aromatic carbocycles. The first-order valence-electron chi connectivity index (χ1n) is 11.6. The summed E-state index contributed by atoms with van der Waals surface area (Å²) in [7, 11) is 1.72. The minimum atomic E-state index is -0.550. The first-order valence-corrected chi connectivity index (χ1v) is 11.6. The molecule has 4 amide bonds. The Labute approximate surface area is 196 Å². The monoisotopic (exact) mass is 460 g/mol. The molecule has 2 saturated heterocycles. The van der Waals surface area contributed by atoms with Crippen LogP contribution in [0.5, 0.6) is 0 Å². The van der Waals surface area contributed by atoms with Gasteiger partial charge in [0, 0.05) is 39.3 Å². The number of amides is 4. The van der Waals surface area contributed by atoms with E-state index in [1.807, 2.05) is 56.0 Å². The Kier molecular flexibility index (Phi) is 8.05. The summed E-state index contributed by atoms with van der Waals surface area (Å²) in [6.45, 7) is 8.01. The lowest BCUT2D eigenvalue weighted by Crippen LogP contribution is -2.51. The van der Waals surface area contributed by atoms with Crippen LogP contribution in [0.3, 0.4) is 0 Å². The molecule has 0 radical (unpaired) electrons. The molecule has 9 nitrogen and oxygen atoms in total. The third-order valence-corrected chi connectivity index (χ3v) is 5.96. The number of nitrogens with zero attached hydrogens (tertiary/aromatic N) is 3. The van der Waals surface area contributed by atoms with Crippen LogP contribution in [-0.2, 0) is 16.1 Å². The van der Waals surface area contributed by atoms with Crippen molar-refractivity contribution in [3.05, 3.63) is 35.9 Å². The van der Waals surface area contributed by atoms with Crippen LogP contribution in [-0.4, -0.2) is 83.8 Å². The number of likely N-dealkylation sites (tertiary alicyclic amines) is 2. The van der Waals surface area contributed by atoms with Crippen LogP contribution in [0.4, 0.5) is 14.4 Å². The molecule has 2 fully saturated rings. The van der Waals surface area contributed by atoms with Gasteiger partial charge in [-0.15, -0.1) is 0 Å². The number of hydrogen-bond donors (Lipinski definition) is 1. The molecule has 1 unspecified atom stereocenters. The quantitative estimate of drug-likeness (QED) is 0.743. The molecule has 1 aromatic rings. The molecule has 0 spiro atoms. The van der Waals surface area contributed by atoms with Gasteiger partial charge in [-0.2, -0.15) is 0 Å². The van der Waals surface area contributed by atoms with Crippen molar-refractivity contribution in [1.29, 1.82) is 0 Å². The Morgan fingerprint density at radius 2 is 1.67 bits per heavy atom. The van der Waals surface area contributed by atoms with Gasteiger partial charge < -0.3 is 29.5 Å². The Morgan fingerprint density at radius 1 is 1.03 bits per heavy atom. The van der Waals surface area contributed by atoms with Crippen LogP contribution < -0.4 is 5.32 Å². The molecule has 1 N–H and O–H groups in total. The summed E-state index contributed by atoms with van der Waals surface area (Å²) in [5.41, 5.74) is 0.389. The number of alkyl carbamates (subject to hydrolysis) is 1. The molecule has 0 saturated carbocycles. The molecule has 3 rings (SSSR count). The summed E-state index contributed by atoms with van der Waals surface area (Å²) in [6, 6.07) is 9.46.